The Hall–Kier alpha value is -0.980. The number of nitrogens with one attached hydrogen (secondary N) is 1. The van der Waals surface area contributed by atoms with E-state index in [2.05, 4.69) is 50.4 Å². The average molecular weight is 163 g/mol. The standard InChI is InChI=1S/C11H17N/c1-9-5-7-11(2,3)8-6-10(9)12-4/h5-8,12H,1-4H3. The Morgan fingerprint density at radius 3 is 2.33 bits per heavy atom. The average Bonchev–Trinajstić information content (AvgIpc) is 2.13. The van der Waals surface area contributed by atoms with Gasteiger partial charge in [-0.05, 0) is 18.6 Å². The van der Waals surface area contributed by atoms with Gasteiger partial charge in [0.05, 0.1) is 0 Å². The van der Waals surface area contributed by atoms with Crippen LogP contribution in [-0.2, 0) is 0 Å². The first-order chi connectivity index (χ1) is 5.55. The summed E-state index contributed by atoms with van der Waals surface area (Å²) in [5.74, 6) is 0. The Bertz CT molecular complexity index is 254. The highest BCUT2D eigenvalue weighted by molar-refractivity contribution is 5.35. The third kappa shape index (κ3) is 2.00. The fraction of sp³-hybridized carbons (Fsp3) is 0.455. The molecule has 0 fully saturated rings. The van der Waals surface area contributed by atoms with Gasteiger partial charge in [-0.15, -0.1) is 0 Å². The van der Waals surface area contributed by atoms with Gasteiger partial charge >= 0.3 is 0 Å². The monoisotopic (exact) mass is 163 g/mol. The van der Waals surface area contributed by atoms with Crippen LogP contribution >= 0.6 is 0 Å². The van der Waals surface area contributed by atoms with Gasteiger partial charge in [0.2, 0.25) is 0 Å². The van der Waals surface area contributed by atoms with Crippen molar-refractivity contribution in [3.63, 3.8) is 0 Å². The Morgan fingerprint density at radius 2 is 1.75 bits per heavy atom. The molecule has 0 spiro atoms. The Labute approximate surface area is 74.9 Å². The highest BCUT2D eigenvalue weighted by atomic mass is 14.8. The first kappa shape index (κ1) is 9.11. The minimum Gasteiger partial charge on any atom is -0.388 e. The van der Waals surface area contributed by atoms with E-state index >= 15 is 0 Å². The predicted octanol–water partition coefficient (Wildman–Crippen LogP) is 2.63. The molecule has 0 unspecified atom stereocenters. The molecule has 0 aromatic rings. The van der Waals surface area contributed by atoms with Gasteiger partial charge in [0.15, 0.2) is 0 Å². The van der Waals surface area contributed by atoms with Crippen molar-refractivity contribution in [2.75, 3.05) is 7.05 Å². The van der Waals surface area contributed by atoms with Gasteiger partial charge in [0, 0.05) is 18.2 Å². The van der Waals surface area contributed by atoms with E-state index < -0.39 is 0 Å². The Kier molecular flexibility index (Phi) is 2.41. The van der Waals surface area contributed by atoms with Gasteiger partial charge in [-0.2, -0.15) is 0 Å². The Balaban J connectivity index is 2.99. The SMILES string of the molecule is CNC1=C(C)C=CC(C)(C)C=C1. The van der Waals surface area contributed by atoms with Gasteiger partial charge in [-0.1, -0.05) is 32.1 Å². The number of hydrogen-bond donors (Lipinski definition) is 1. The van der Waals surface area contributed by atoms with E-state index in [0.717, 1.165) is 0 Å². The summed E-state index contributed by atoms with van der Waals surface area (Å²) in [6.07, 6.45) is 8.76. The molecule has 0 atom stereocenters. The molecule has 1 heteroatoms. The molecule has 0 radical (unpaired) electrons. The van der Waals surface area contributed by atoms with E-state index in [0.29, 0.717) is 0 Å². The van der Waals surface area contributed by atoms with E-state index in [9.17, 15) is 0 Å². The van der Waals surface area contributed by atoms with E-state index in [1.807, 2.05) is 7.05 Å². The molecule has 66 valence electrons. The lowest BCUT2D eigenvalue weighted by atomic mass is 9.93. The molecule has 0 saturated carbocycles. The van der Waals surface area contributed by atoms with Crippen LogP contribution in [-0.4, -0.2) is 7.05 Å². The second kappa shape index (κ2) is 3.18. The van der Waals surface area contributed by atoms with Crippen molar-refractivity contribution in [1.29, 1.82) is 0 Å². The maximum Gasteiger partial charge on any atom is 0.0364 e. The predicted molar refractivity (Wildman–Crippen MR) is 53.8 cm³/mol. The molecule has 0 saturated heterocycles. The summed E-state index contributed by atoms with van der Waals surface area (Å²) in [5, 5.41) is 3.17. The quantitative estimate of drug-likeness (QED) is 0.626. The molecule has 12 heavy (non-hydrogen) atoms. The number of likely N-dealkylation sites (N-methyl/N-ethyl adjacent to an activating group) is 1. The maximum atomic E-state index is 3.17. The van der Waals surface area contributed by atoms with Crippen molar-refractivity contribution in [2.45, 2.75) is 20.8 Å². The summed E-state index contributed by atoms with van der Waals surface area (Å²) in [4.78, 5) is 0. The molecule has 1 nitrogen and oxygen atoms in total. The highest BCUT2D eigenvalue weighted by Crippen LogP contribution is 2.24. The molecule has 0 aromatic carbocycles. The molecule has 0 bridgehead atoms. The molecule has 0 amide bonds. The molecule has 1 rings (SSSR count). The molecule has 0 heterocycles. The maximum absolute atomic E-state index is 3.17. The molecule has 1 aliphatic rings. The third-order valence-corrected chi connectivity index (χ3v) is 2.14. The fourth-order valence-electron chi connectivity index (χ4n) is 1.20. The van der Waals surface area contributed by atoms with Crippen LogP contribution in [0.15, 0.2) is 35.6 Å². The minimum atomic E-state index is 0.180. The zero-order valence-electron chi connectivity index (χ0n) is 8.31. The summed E-state index contributed by atoms with van der Waals surface area (Å²) in [5.41, 5.74) is 2.68. The number of rotatable bonds is 1. The minimum absolute atomic E-state index is 0.180. The lowest BCUT2D eigenvalue weighted by Crippen LogP contribution is -2.05. The van der Waals surface area contributed by atoms with Crippen LogP contribution in [0.2, 0.25) is 0 Å². The van der Waals surface area contributed by atoms with Crippen LogP contribution in [0.4, 0.5) is 0 Å². The Morgan fingerprint density at radius 1 is 1.17 bits per heavy atom. The summed E-state index contributed by atoms with van der Waals surface area (Å²) in [6.45, 7) is 6.52. The van der Waals surface area contributed by atoms with Gasteiger partial charge in [0.25, 0.3) is 0 Å². The van der Waals surface area contributed by atoms with Crippen molar-refractivity contribution in [1.82, 2.24) is 5.32 Å². The zero-order valence-corrected chi connectivity index (χ0v) is 8.31. The first-order valence-electron chi connectivity index (χ1n) is 4.32. The fourth-order valence-corrected chi connectivity index (χ4v) is 1.20. The smallest absolute Gasteiger partial charge is 0.0364 e. The van der Waals surface area contributed by atoms with E-state index in [4.69, 9.17) is 0 Å². The normalized spacial score (nSPS) is 21.0. The third-order valence-electron chi connectivity index (χ3n) is 2.14. The summed E-state index contributed by atoms with van der Waals surface area (Å²) >= 11 is 0. The van der Waals surface area contributed by atoms with Crippen LogP contribution in [0.25, 0.3) is 0 Å². The molecule has 0 aromatic heterocycles. The summed E-state index contributed by atoms with van der Waals surface area (Å²) in [6, 6.07) is 0. The first-order valence-corrected chi connectivity index (χ1v) is 4.32. The van der Waals surface area contributed by atoms with Crippen LogP contribution in [0.1, 0.15) is 20.8 Å². The van der Waals surface area contributed by atoms with Gasteiger partial charge in [-0.3, -0.25) is 0 Å². The second-order valence-corrected chi connectivity index (χ2v) is 3.83. The van der Waals surface area contributed by atoms with Crippen LogP contribution in [0, 0.1) is 5.41 Å². The molecule has 1 N–H and O–H groups in total. The molecule has 0 aliphatic heterocycles. The largest absolute Gasteiger partial charge is 0.388 e. The van der Waals surface area contributed by atoms with E-state index in [1.54, 1.807) is 0 Å². The number of hydrogen-bond acceptors (Lipinski definition) is 1. The molecule has 1 aliphatic carbocycles. The van der Waals surface area contributed by atoms with Gasteiger partial charge in [0.1, 0.15) is 0 Å². The van der Waals surface area contributed by atoms with E-state index in [1.165, 1.54) is 11.3 Å². The van der Waals surface area contributed by atoms with Crippen LogP contribution in [0.5, 0.6) is 0 Å². The van der Waals surface area contributed by atoms with Gasteiger partial charge < -0.3 is 5.32 Å². The van der Waals surface area contributed by atoms with Crippen LogP contribution < -0.4 is 5.32 Å². The summed E-state index contributed by atoms with van der Waals surface area (Å²) < 4.78 is 0. The second-order valence-electron chi connectivity index (χ2n) is 3.83. The lowest BCUT2D eigenvalue weighted by molar-refractivity contribution is 0.626. The van der Waals surface area contributed by atoms with E-state index in [-0.39, 0.29) is 5.41 Å². The van der Waals surface area contributed by atoms with Crippen LogP contribution in [0.3, 0.4) is 0 Å². The summed E-state index contributed by atoms with van der Waals surface area (Å²) in [7, 11) is 1.95. The number of allylic oxidation sites excluding steroid dienone is 5. The highest BCUT2D eigenvalue weighted by Gasteiger charge is 2.11. The van der Waals surface area contributed by atoms with Crippen molar-refractivity contribution in [2.24, 2.45) is 5.41 Å². The van der Waals surface area contributed by atoms with Crippen molar-refractivity contribution < 1.29 is 0 Å². The topological polar surface area (TPSA) is 12.0 Å². The van der Waals surface area contributed by atoms with Gasteiger partial charge in [-0.25, -0.2) is 0 Å². The molecular weight excluding hydrogens is 146 g/mol. The van der Waals surface area contributed by atoms with Crippen molar-refractivity contribution >= 4 is 0 Å². The lowest BCUT2D eigenvalue weighted by Gasteiger charge is -2.12. The van der Waals surface area contributed by atoms with Crippen molar-refractivity contribution in [3.05, 3.63) is 35.6 Å². The molecular formula is C11H17N. The zero-order chi connectivity index (χ0) is 9.19. The van der Waals surface area contributed by atoms with Crippen molar-refractivity contribution in [3.8, 4) is 0 Å².